The molecular weight excluding hydrogens is 289 g/mol. The molecule has 1 heterocycles. The Hall–Kier alpha value is -1.61. The summed E-state index contributed by atoms with van der Waals surface area (Å²) in [6.07, 6.45) is 8.45. The molecule has 2 nitrogen and oxygen atoms in total. The summed E-state index contributed by atoms with van der Waals surface area (Å²) in [5.74, 6) is 0.0880. The van der Waals surface area contributed by atoms with E-state index in [2.05, 4.69) is 0 Å². The average molecular weight is 304 g/mol. The Bertz CT molecular complexity index is 690. The van der Waals surface area contributed by atoms with E-state index in [1.807, 2.05) is 18.2 Å². The van der Waals surface area contributed by atoms with Crippen LogP contribution < -0.4 is 4.90 Å². The van der Waals surface area contributed by atoms with E-state index in [1.54, 1.807) is 11.0 Å². The van der Waals surface area contributed by atoms with Crippen molar-refractivity contribution in [2.45, 2.75) is 24.7 Å². The minimum Gasteiger partial charge on any atom is -0.311 e. The smallest absolute Gasteiger partial charge is 0.237 e. The topological polar surface area (TPSA) is 20.3 Å². The van der Waals surface area contributed by atoms with Crippen molar-refractivity contribution in [1.29, 1.82) is 0 Å². The van der Waals surface area contributed by atoms with Gasteiger partial charge in [-0.25, -0.2) is 4.39 Å². The van der Waals surface area contributed by atoms with Gasteiger partial charge in [0.25, 0.3) is 0 Å². The first kappa shape index (κ1) is 13.1. The van der Waals surface area contributed by atoms with Crippen molar-refractivity contribution in [3.05, 3.63) is 52.8 Å². The summed E-state index contributed by atoms with van der Waals surface area (Å²) in [7, 11) is 0. The highest BCUT2D eigenvalue weighted by Crippen LogP contribution is 2.57. The second-order valence-electron chi connectivity index (χ2n) is 6.10. The van der Waals surface area contributed by atoms with E-state index in [0.717, 1.165) is 35.5 Å². The van der Waals surface area contributed by atoms with E-state index >= 15 is 0 Å². The fourth-order valence-corrected chi connectivity index (χ4v) is 3.58. The highest BCUT2D eigenvalue weighted by Gasteiger charge is 2.59. The van der Waals surface area contributed by atoms with Crippen LogP contribution in [0.5, 0.6) is 0 Å². The van der Waals surface area contributed by atoms with Gasteiger partial charge in [0.15, 0.2) is 0 Å². The zero-order valence-corrected chi connectivity index (χ0v) is 12.2. The van der Waals surface area contributed by atoms with Gasteiger partial charge in [-0.15, -0.1) is 0 Å². The van der Waals surface area contributed by atoms with Gasteiger partial charge in [0.1, 0.15) is 5.82 Å². The van der Waals surface area contributed by atoms with Gasteiger partial charge in [-0.05, 0) is 49.0 Å². The molecule has 1 amide bonds. The third-order valence-corrected chi connectivity index (χ3v) is 5.01. The summed E-state index contributed by atoms with van der Waals surface area (Å²) in [6.45, 7) is 0.591. The number of fused-ring (bicyclic) bond motifs is 2. The number of hydrogen-bond acceptors (Lipinski definition) is 1. The molecule has 108 valence electrons. The molecule has 0 radical (unpaired) electrons. The first-order valence-electron chi connectivity index (χ1n) is 7.26. The van der Waals surface area contributed by atoms with E-state index in [1.165, 1.54) is 12.1 Å². The van der Waals surface area contributed by atoms with Crippen LogP contribution in [0, 0.1) is 11.7 Å². The molecule has 1 spiro atoms. The van der Waals surface area contributed by atoms with E-state index in [4.69, 9.17) is 11.6 Å². The number of halogens is 2. The second kappa shape index (κ2) is 4.44. The molecule has 21 heavy (non-hydrogen) atoms. The number of carbonyl (C=O) groups is 1. The van der Waals surface area contributed by atoms with Crippen LogP contribution >= 0.6 is 11.6 Å². The van der Waals surface area contributed by atoms with Gasteiger partial charge in [0, 0.05) is 11.6 Å². The SMILES string of the molecule is O=C1N(CC2C=CC(Cl)=CC2)c2cc(F)ccc2C12CC2. The standard InChI is InChI=1S/C17H15ClFNO/c18-12-3-1-11(2-4-12)10-20-15-9-13(19)5-6-14(15)17(7-8-17)16(20)21/h1,3-6,9,11H,2,7-8,10H2. The van der Waals surface area contributed by atoms with Crippen molar-refractivity contribution in [2.24, 2.45) is 5.92 Å². The first-order valence-corrected chi connectivity index (χ1v) is 7.64. The molecule has 1 fully saturated rings. The summed E-state index contributed by atoms with van der Waals surface area (Å²) in [6, 6.07) is 4.73. The Labute approximate surface area is 127 Å². The lowest BCUT2D eigenvalue weighted by molar-refractivity contribution is -0.120. The minimum absolute atomic E-state index is 0.136. The maximum Gasteiger partial charge on any atom is 0.237 e. The van der Waals surface area contributed by atoms with Crippen LogP contribution in [0.2, 0.25) is 0 Å². The average Bonchev–Trinajstić information content (AvgIpc) is 3.24. The maximum absolute atomic E-state index is 13.6. The molecule has 1 aromatic carbocycles. The van der Waals surface area contributed by atoms with E-state index in [9.17, 15) is 9.18 Å². The van der Waals surface area contributed by atoms with Crippen LogP contribution in [0.25, 0.3) is 0 Å². The molecule has 2 aliphatic carbocycles. The number of anilines is 1. The number of rotatable bonds is 2. The van der Waals surface area contributed by atoms with Crippen LogP contribution in [0.1, 0.15) is 24.8 Å². The lowest BCUT2D eigenvalue weighted by atomic mass is 9.98. The highest BCUT2D eigenvalue weighted by atomic mass is 35.5. The fraction of sp³-hybridized carbons (Fsp3) is 0.353. The van der Waals surface area contributed by atoms with Gasteiger partial charge in [-0.3, -0.25) is 4.79 Å². The number of nitrogens with zero attached hydrogens (tertiary/aromatic N) is 1. The van der Waals surface area contributed by atoms with Gasteiger partial charge >= 0.3 is 0 Å². The van der Waals surface area contributed by atoms with E-state index in [-0.39, 0.29) is 23.1 Å². The van der Waals surface area contributed by atoms with Gasteiger partial charge in [-0.1, -0.05) is 29.8 Å². The number of allylic oxidation sites excluding steroid dienone is 3. The molecule has 4 rings (SSSR count). The van der Waals surface area contributed by atoms with Gasteiger partial charge in [0.05, 0.1) is 11.1 Å². The Morgan fingerprint density at radius 2 is 2.19 bits per heavy atom. The maximum atomic E-state index is 13.6. The fourth-order valence-electron chi connectivity index (χ4n) is 3.41. The molecule has 3 aliphatic rings. The van der Waals surface area contributed by atoms with Crippen molar-refractivity contribution in [2.75, 3.05) is 11.4 Å². The largest absolute Gasteiger partial charge is 0.311 e. The lowest BCUT2D eigenvalue weighted by Crippen LogP contribution is -2.35. The number of carbonyl (C=O) groups excluding carboxylic acids is 1. The summed E-state index contributed by atoms with van der Waals surface area (Å²) in [4.78, 5) is 14.5. The molecule has 1 aromatic rings. The first-order chi connectivity index (χ1) is 10.1. The summed E-state index contributed by atoms with van der Waals surface area (Å²) in [5.41, 5.74) is 1.41. The molecule has 1 aliphatic heterocycles. The zero-order valence-electron chi connectivity index (χ0n) is 11.5. The molecule has 0 N–H and O–H groups in total. The van der Waals surface area contributed by atoms with Gasteiger partial charge in [0.2, 0.25) is 5.91 Å². The monoisotopic (exact) mass is 303 g/mol. The van der Waals surface area contributed by atoms with Crippen LogP contribution in [0.15, 0.2) is 41.5 Å². The number of hydrogen-bond donors (Lipinski definition) is 0. The van der Waals surface area contributed by atoms with Crippen LogP contribution in [-0.2, 0) is 10.2 Å². The Morgan fingerprint density at radius 3 is 2.86 bits per heavy atom. The predicted octanol–water partition coefficient (Wildman–Crippen LogP) is 3.90. The highest BCUT2D eigenvalue weighted by molar-refractivity contribution is 6.31. The van der Waals surface area contributed by atoms with E-state index in [0.29, 0.717) is 6.54 Å². The van der Waals surface area contributed by atoms with Crippen molar-refractivity contribution >= 4 is 23.2 Å². The van der Waals surface area contributed by atoms with Gasteiger partial charge in [-0.2, -0.15) is 0 Å². The van der Waals surface area contributed by atoms with Crippen molar-refractivity contribution in [1.82, 2.24) is 0 Å². The Balaban J connectivity index is 1.66. The normalized spacial score (nSPS) is 25.2. The minimum atomic E-state index is -0.352. The number of benzene rings is 1. The molecule has 1 atom stereocenters. The predicted molar refractivity (Wildman–Crippen MR) is 80.8 cm³/mol. The second-order valence-corrected chi connectivity index (χ2v) is 6.54. The third kappa shape index (κ3) is 1.95. The Kier molecular flexibility index (Phi) is 2.77. The third-order valence-electron chi connectivity index (χ3n) is 4.73. The quantitative estimate of drug-likeness (QED) is 0.811. The van der Waals surface area contributed by atoms with Crippen LogP contribution in [-0.4, -0.2) is 12.5 Å². The molecule has 0 bridgehead atoms. The molecule has 1 unspecified atom stereocenters. The van der Waals surface area contributed by atoms with Crippen LogP contribution in [0.4, 0.5) is 10.1 Å². The van der Waals surface area contributed by atoms with Crippen molar-refractivity contribution < 1.29 is 9.18 Å². The lowest BCUT2D eigenvalue weighted by Gasteiger charge is -2.23. The molecule has 1 saturated carbocycles. The van der Waals surface area contributed by atoms with Crippen LogP contribution in [0.3, 0.4) is 0 Å². The number of amides is 1. The van der Waals surface area contributed by atoms with Crippen molar-refractivity contribution in [3.63, 3.8) is 0 Å². The summed E-state index contributed by atoms with van der Waals surface area (Å²) < 4.78 is 13.6. The molecule has 0 saturated heterocycles. The molecule has 4 heteroatoms. The van der Waals surface area contributed by atoms with E-state index < -0.39 is 0 Å². The summed E-state index contributed by atoms with van der Waals surface area (Å²) in [5, 5.41) is 0.740. The molecule has 0 aromatic heterocycles. The molecular formula is C17H15ClFNO. The zero-order chi connectivity index (χ0) is 14.6. The summed E-state index contributed by atoms with van der Waals surface area (Å²) >= 11 is 5.93. The Morgan fingerprint density at radius 1 is 1.38 bits per heavy atom. The van der Waals surface area contributed by atoms with Crippen molar-refractivity contribution in [3.8, 4) is 0 Å². The van der Waals surface area contributed by atoms with Gasteiger partial charge < -0.3 is 4.90 Å².